The van der Waals surface area contributed by atoms with Crippen LogP contribution in [0.3, 0.4) is 0 Å². The van der Waals surface area contributed by atoms with Crippen molar-refractivity contribution in [3.8, 4) is 11.4 Å². The molecule has 0 unspecified atom stereocenters. The first-order valence-corrected chi connectivity index (χ1v) is 12.1. The van der Waals surface area contributed by atoms with Crippen molar-refractivity contribution in [1.82, 2.24) is 25.2 Å². The maximum absolute atomic E-state index is 12.2. The molecule has 0 atom stereocenters. The molecule has 4 aromatic rings. The van der Waals surface area contributed by atoms with E-state index in [4.69, 9.17) is 32.4 Å². The Kier molecular flexibility index (Phi) is 8.06. The molecule has 3 aromatic heterocycles. The van der Waals surface area contributed by atoms with E-state index in [-0.39, 0.29) is 29.4 Å². The lowest BCUT2D eigenvalue weighted by Gasteiger charge is -2.08. The quantitative estimate of drug-likeness (QED) is 0.184. The largest absolute Gasteiger partial charge is 0.482 e. The zero-order valence-electron chi connectivity index (χ0n) is 18.7. The van der Waals surface area contributed by atoms with Gasteiger partial charge in [-0.05, 0) is 50.2 Å². The predicted octanol–water partition coefficient (Wildman–Crippen LogP) is 5.00. The average Bonchev–Trinajstić information content (AvgIpc) is 3.41. The molecule has 3 heterocycles. The average molecular weight is 531 g/mol. The van der Waals surface area contributed by atoms with Crippen LogP contribution in [0.2, 0.25) is 10.0 Å². The van der Waals surface area contributed by atoms with E-state index in [1.54, 1.807) is 36.8 Å². The number of aromatic nitrogens is 4. The van der Waals surface area contributed by atoms with E-state index < -0.39 is 0 Å². The van der Waals surface area contributed by atoms with Gasteiger partial charge in [-0.3, -0.25) is 9.78 Å². The van der Waals surface area contributed by atoms with Gasteiger partial charge in [0.25, 0.3) is 17.0 Å². The Morgan fingerprint density at radius 2 is 2.11 bits per heavy atom. The van der Waals surface area contributed by atoms with Gasteiger partial charge in [0.2, 0.25) is 0 Å². The summed E-state index contributed by atoms with van der Waals surface area (Å²) in [4.78, 5) is 16.3. The molecule has 1 N–H and O–H groups in total. The van der Waals surface area contributed by atoms with E-state index in [0.29, 0.717) is 15.8 Å². The van der Waals surface area contributed by atoms with Crippen LogP contribution in [-0.2, 0) is 11.4 Å². The van der Waals surface area contributed by atoms with E-state index in [2.05, 4.69) is 30.3 Å². The number of ether oxygens (including phenoxy) is 1. The van der Waals surface area contributed by atoms with E-state index in [9.17, 15) is 4.79 Å². The number of hydrogen-bond acceptors (Lipinski definition) is 8. The third-order valence-corrected chi connectivity index (χ3v) is 6.14. The Morgan fingerprint density at radius 1 is 1.26 bits per heavy atom. The van der Waals surface area contributed by atoms with Crippen molar-refractivity contribution < 1.29 is 13.9 Å². The summed E-state index contributed by atoms with van der Waals surface area (Å²) in [5.41, 5.74) is 6.39. The number of rotatable bonds is 9. The molecule has 0 radical (unpaired) electrons. The number of nitrogens with one attached hydrogen (secondary N) is 1. The molecule has 0 aliphatic rings. The normalized spacial score (nSPS) is 11.2. The standard InChI is InChI=1S/C23H20Cl2N6O3S/c1-14-8-16(15(2)31(14)18-4-3-7-26-11-18)10-27-28-21(32)13-35-23-30-29-22(34-23)12-33-20-6-5-17(24)9-19(20)25/h3-11H,12-13H2,1-2H3,(H,28,32)/b27-10-. The van der Waals surface area contributed by atoms with Crippen LogP contribution in [0.4, 0.5) is 0 Å². The number of benzene rings is 1. The summed E-state index contributed by atoms with van der Waals surface area (Å²) in [6.45, 7) is 4.01. The molecule has 4 rings (SSSR count). The summed E-state index contributed by atoms with van der Waals surface area (Å²) in [6.07, 6.45) is 5.14. The maximum Gasteiger partial charge on any atom is 0.277 e. The van der Waals surface area contributed by atoms with Crippen molar-refractivity contribution in [1.29, 1.82) is 0 Å². The highest BCUT2D eigenvalue weighted by Gasteiger charge is 2.12. The van der Waals surface area contributed by atoms with Crippen molar-refractivity contribution in [2.24, 2.45) is 5.10 Å². The molecule has 1 aromatic carbocycles. The van der Waals surface area contributed by atoms with Crippen LogP contribution in [0, 0.1) is 13.8 Å². The molecule has 1 amide bonds. The van der Waals surface area contributed by atoms with Gasteiger partial charge in [-0.15, -0.1) is 10.2 Å². The highest BCUT2D eigenvalue weighted by molar-refractivity contribution is 7.99. The van der Waals surface area contributed by atoms with E-state index >= 15 is 0 Å². The molecule has 0 aliphatic carbocycles. The van der Waals surface area contributed by atoms with Gasteiger partial charge in [0.1, 0.15) is 5.75 Å². The fraction of sp³-hybridized carbons (Fsp3) is 0.174. The number of thioether (sulfide) groups is 1. The Labute approximate surface area is 215 Å². The molecule has 0 bridgehead atoms. The molecule has 180 valence electrons. The first kappa shape index (κ1) is 24.8. The van der Waals surface area contributed by atoms with Crippen molar-refractivity contribution >= 4 is 47.1 Å². The zero-order valence-corrected chi connectivity index (χ0v) is 21.1. The molecule has 0 fully saturated rings. The highest BCUT2D eigenvalue weighted by Crippen LogP contribution is 2.28. The fourth-order valence-electron chi connectivity index (χ4n) is 3.22. The second kappa shape index (κ2) is 11.4. The van der Waals surface area contributed by atoms with Gasteiger partial charge in [0.05, 0.1) is 28.9 Å². The van der Waals surface area contributed by atoms with Gasteiger partial charge in [-0.1, -0.05) is 35.0 Å². The lowest BCUT2D eigenvalue weighted by Crippen LogP contribution is -2.19. The Hall–Kier alpha value is -3.34. The number of amides is 1. The lowest BCUT2D eigenvalue weighted by molar-refractivity contribution is -0.118. The molecule has 12 heteroatoms. The molecular weight excluding hydrogens is 511 g/mol. The van der Waals surface area contributed by atoms with E-state index in [1.807, 2.05) is 32.0 Å². The first-order valence-electron chi connectivity index (χ1n) is 10.3. The Balaban J connectivity index is 1.26. The smallest absolute Gasteiger partial charge is 0.277 e. The molecular formula is C23H20Cl2N6O3S. The van der Waals surface area contributed by atoms with Gasteiger partial charge < -0.3 is 13.7 Å². The van der Waals surface area contributed by atoms with Crippen molar-refractivity contribution in [3.05, 3.63) is 81.7 Å². The number of aryl methyl sites for hydroxylation is 1. The Bertz CT molecular complexity index is 1360. The van der Waals surface area contributed by atoms with Gasteiger partial charge in [0.15, 0.2) is 6.61 Å². The van der Waals surface area contributed by atoms with Crippen LogP contribution in [-0.4, -0.2) is 37.6 Å². The van der Waals surface area contributed by atoms with Crippen LogP contribution >= 0.6 is 35.0 Å². The van der Waals surface area contributed by atoms with Crippen LogP contribution in [0.1, 0.15) is 22.8 Å². The van der Waals surface area contributed by atoms with Crippen LogP contribution in [0.15, 0.2) is 63.5 Å². The summed E-state index contributed by atoms with van der Waals surface area (Å²) in [5, 5.41) is 13.0. The van der Waals surface area contributed by atoms with Gasteiger partial charge in [-0.25, -0.2) is 5.43 Å². The molecule has 35 heavy (non-hydrogen) atoms. The number of hydrazone groups is 1. The van der Waals surface area contributed by atoms with Crippen LogP contribution in [0.25, 0.3) is 5.69 Å². The fourth-order valence-corrected chi connectivity index (χ4v) is 4.26. The Morgan fingerprint density at radius 3 is 2.89 bits per heavy atom. The third kappa shape index (κ3) is 6.41. The molecule has 0 saturated carbocycles. The molecule has 0 aliphatic heterocycles. The topological polar surface area (TPSA) is 107 Å². The summed E-state index contributed by atoms with van der Waals surface area (Å²) >= 11 is 13.0. The number of nitrogens with zero attached hydrogens (tertiary/aromatic N) is 5. The minimum atomic E-state index is -0.309. The number of halogens is 2. The van der Waals surface area contributed by atoms with Gasteiger partial charge in [-0.2, -0.15) is 5.10 Å². The molecule has 9 nitrogen and oxygen atoms in total. The number of carbonyl (C=O) groups is 1. The maximum atomic E-state index is 12.2. The number of hydrogen-bond donors (Lipinski definition) is 1. The van der Waals surface area contributed by atoms with Crippen molar-refractivity contribution in [3.63, 3.8) is 0 Å². The monoisotopic (exact) mass is 530 g/mol. The van der Waals surface area contributed by atoms with Crippen molar-refractivity contribution in [2.75, 3.05) is 5.75 Å². The zero-order chi connectivity index (χ0) is 24.8. The second-order valence-corrected chi connectivity index (χ2v) is 9.05. The van der Waals surface area contributed by atoms with Crippen LogP contribution < -0.4 is 10.2 Å². The summed E-state index contributed by atoms with van der Waals surface area (Å²) < 4.78 is 13.1. The van der Waals surface area contributed by atoms with Crippen molar-refractivity contribution in [2.45, 2.75) is 25.7 Å². The van der Waals surface area contributed by atoms with Gasteiger partial charge >= 0.3 is 0 Å². The molecule has 0 saturated heterocycles. The van der Waals surface area contributed by atoms with E-state index in [0.717, 1.165) is 34.4 Å². The summed E-state index contributed by atoms with van der Waals surface area (Å²) in [6, 6.07) is 10.7. The SMILES string of the molecule is Cc1cc(/C=N\NC(=O)CSc2nnc(COc3ccc(Cl)cc3Cl)o2)c(C)n1-c1cccnc1. The van der Waals surface area contributed by atoms with Crippen LogP contribution in [0.5, 0.6) is 5.75 Å². The van der Waals surface area contributed by atoms with Gasteiger partial charge in [0, 0.05) is 28.2 Å². The third-order valence-electron chi connectivity index (χ3n) is 4.79. The minimum Gasteiger partial charge on any atom is -0.482 e. The van der Waals surface area contributed by atoms with E-state index in [1.165, 1.54) is 0 Å². The minimum absolute atomic E-state index is 0.0306. The molecule has 0 spiro atoms. The lowest BCUT2D eigenvalue weighted by atomic mass is 10.3. The highest BCUT2D eigenvalue weighted by atomic mass is 35.5. The number of carbonyl (C=O) groups excluding carboxylic acids is 1. The summed E-state index contributed by atoms with van der Waals surface area (Å²) in [7, 11) is 0. The second-order valence-electron chi connectivity index (χ2n) is 7.28. The predicted molar refractivity (Wildman–Crippen MR) is 135 cm³/mol. The number of pyridine rings is 1. The first-order chi connectivity index (χ1) is 16.9. The summed E-state index contributed by atoms with van der Waals surface area (Å²) in [5.74, 6) is 0.441.